The molecule has 0 saturated carbocycles. The van der Waals surface area contributed by atoms with E-state index in [1.54, 1.807) is 11.3 Å². The van der Waals surface area contributed by atoms with Gasteiger partial charge in [0.25, 0.3) is 0 Å². The van der Waals surface area contributed by atoms with E-state index < -0.39 is 0 Å². The minimum atomic E-state index is -0.365. The summed E-state index contributed by atoms with van der Waals surface area (Å²) in [4.78, 5) is 12.2. The quantitative estimate of drug-likeness (QED) is 0.856. The molecule has 0 spiro atoms. The van der Waals surface area contributed by atoms with Crippen LogP contribution in [0.4, 0.5) is 0 Å². The second-order valence-electron chi connectivity index (χ2n) is 5.18. The zero-order valence-corrected chi connectivity index (χ0v) is 12.6. The fraction of sp³-hybridized carbons (Fsp3) is 0.312. The van der Waals surface area contributed by atoms with Crippen molar-refractivity contribution < 1.29 is 4.79 Å². The third-order valence-electron chi connectivity index (χ3n) is 3.26. The first-order valence-electron chi connectivity index (χ1n) is 6.73. The standard InChI is InChI=1S/C16H20N2OS/c1-11(2)15(12-6-4-3-5-7-12)18-9-14-8-13(10-20-14)16(17)19/h3-8,10-11,15,18H,9H2,1-2H3,(H2,17,19). The molecule has 2 rings (SSSR count). The molecule has 3 N–H and O–H groups in total. The minimum Gasteiger partial charge on any atom is -0.366 e. The molecule has 0 aliphatic carbocycles. The lowest BCUT2D eigenvalue weighted by Gasteiger charge is -2.22. The maximum absolute atomic E-state index is 11.1. The molecule has 0 aliphatic rings. The van der Waals surface area contributed by atoms with Gasteiger partial charge in [0.05, 0.1) is 5.56 Å². The zero-order valence-electron chi connectivity index (χ0n) is 11.8. The van der Waals surface area contributed by atoms with Gasteiger partial charge in [0.15, 0.2) is 0 Å². The molecule has 3 nitrogen and oxygen atoms in total. The van der Waals surface area contributed by atoms with Gasteiger partial charge in [0, 0.05) is 22.8 Å². The lowest BCUT2D eigenvalue weighted by atomic mass is 9.96. The molecule has 0 bridgehead atoms. The number of carbonyl (C=O) groups is 1. The summed E-state index contributed by atoms with van der Waals surface area (Å²) in [5, 5.41) is 5.37. The maximum Gasteiger partial charge on any atom is 0.249 e. The first-order valence-corrected chi connectivity index (χ1v) is 7.61. The van der Waals surface area contributed by atoms with Gasteiger partial charge in [-0.25, -0.2) is 0 Å². The Morgan fingerprint density at radius 1 is 1.30 bits per heavy atom. The molecule has 0 aliphatic heterocycles. The van der Waals surface area contributed by atoms with E-state index in [1.165, 1.54) is 5.56 Å². The van der Waals surface area contributed by atoms with E-state index in [9.17, 15) is 4.79 Å². The van der Waals surface area contributed by atoms with E-state index in [0.717, 1.165) is 11.4 Å². The number of nitrogens with one attached hydrogen (secondary N) is 1. The molecule has 1 amide bonds. The van der Waals surface area contributed by atoms with Crippen molar-refractivity contribution in [1.82, 2.24) is 5.32 Å². The lowest BCUT2D eigenvalue weighted by molar-refractivity contribution is 0.100. The Hall–Kier alpha value is -1.65. The third-order valence-corrected chi connectivity index (χ3v) is 4.20. The molecule has 1 unspecified atom stereocenters. The van der Waals surface area contributed by atoms with E-state index in [0.29, 0.717) is 17.5 Å². The van der Waals surface area contributed by atoms with E-state index in [2.05, 4.69) is 43.4 Å². The molecule has 2 aromatic rings. The van der Waals surface area contributed by atoms with Crippen molar-refractivity contribution in [2.45, 2.75) is 26.4 Å². The van der Waals surface area contributed by atoms with Crippen LogP contribution in [-0.4, -0.2) is 5.91 Å². The molecule has 1 atom stereocenters. The average Bonchev–Trinajstić information content (AvgIpc) is 2.89. The van der Waals surface area contributed by atoms with Crippen LogP contribution in [0.3, 0.4) is 0 Å². The van der Waals surface area contributed by atoms with Gasteiger partial charge in [-0.3, -0.25) is 4.79 Å². The number of benzene rings is 1. The summed E-state index contributed by atoms with van der Waals surface area (Å²) in [5.41, 5.74) is 7.15. The van der Waals surface area contributed by atoms with Crippen LogP contribution < -0.4 is 11.1 Å². The highest BCUT2D eigenvalue weighted by molar-refractivity contribution is 7.10. The van der Waals surface area contributed by atoms with Gasteiger partial charge in [-0.1, -0.05) is 44.2 Å². The van der Waals surface area contributed by atoms with Crippen LogP contribution in [0.1, 0.15) is 40.7 Å². The number of hydrogen-bond acceptors (Lipinski definition) is 3. The molecule has 1 aromatic carbocycles. The molecule has 1 heterocycles. The van der Waals surface area contributed by atoms with Crippen molar-refractivity contribution in [3.05, 3.63) is 57.8 Å². The summed E-state index contributed by atoms with van der Waals surface area (Å²) < 4.78 is 0. The Morgan fingerprint density at radius 3 is 2.55 bits per heavy atom. The number of carbonyl (C=O) groups excluding carboxylic acids is 1. The Bertz CT molecular complexity index is 563. The van der Waals surface area contributed by atoms with Crippen LogP contribution in [0.25, 0.3) is 0 Å². The fourth-order valence-electron chi connectivity index (χ4n) is 2.21. The molecule has 20 heavy (non-hydrogen) atoms. The number of rotatable bonds is 6. The summed E-state index contributed by atoms with van der Waals surface area (Å²) in [7, 11) is 0. The molecule has 4 heteroatoms. The highest BCUT2D eigenvalue weighted by Crippen LogP contribution is 2.23. The van der Waals surface area contributed by atoms with Gasteiger partial charge >= 0.3 is 0 Å². The zero-order chi connectivity index (χ0) is 14.5. The molecule has 0 fully saturated rings. The second kappa shape index (κ2) is 6.68. The predicted octanol–water partition coefficient (Wildman–Crippen LogP) is 3.33. The molecule has 106 valence electrons. The lowest BCUT2D eigenvalue weighted by Crippen LogP contribution is -2.25. The molecule has 0 saturated heterocycles. The maximum atomic E-state index is 11.1. The van der Waals surface area contributed by atoms with Crippen molar-refractivity contribution >= 4 is 17.2 Å². The fourth-order valence-corrected chi connectivity index (χ4v) is 3.04. The Morgan fingerprint density at radius 2 is 2.00 bits per heavy atom. The Kier molecular flexibility index (Phi) is 4.93. The first kappa shape index (κ1) is 14.8. The highest BCUT2D eigenvalue weighted by Gasteiger charge is 2.15. The van der Waals surface area contributed by atoms with Gasteiger partial charge in [-0.05, 0) is 17.5 Å². The Labute approximate surface area is 123 Å². The second-order valence-corrected chi connectivity index (χ2v) is 6.17. The molecular weight excluding hydrogens is 268 g/mol. The molecule has 1 aromatic heterocycles. The summed E-state index contributed by atoms with van der Waals surface area (Å²) in [5.74, 6) is 0.129. The molecule has 0 radical (unpaired) electrons. The summed E-state index contributed by atoms with van der Waals surface area (Å²) in [6, 6.07) is 12.6. The van der Waals surface area contributed by atoms with Gasteiger partial charge < -0.3 is 11.1 Å². The number of nitrogens with two attached hydrogens (primary N) is 1. The van der Waals surface area contributed by atoms with Gasteiger partial charge in [0.2, 0.25) is 5.91 Å². The van der Waals surface area contributed by atoms with Crippen LogP contribution in [0, 0.1) is 5.92 Å². The first-order chi connectivity index (χ1) is 9.58. The number of primary amides is 1. The van der Waals surface area contributed by atoms with Gasteiger partial charge in [0.1, 0.15) is 0 Å². The average molecular weight is 288 g/mol. The van der Waals surface area contributed by atoms with Crippen molar-refractivity contribution in [1.29, 1.82) is 0 Å². The highest BCUT2D eigenvalue weighted by atomic mass is 32.1. The van der Waals surface area contributed by atoms with Crippen molar-refractivity contribution in [3.8, 4) is 0 Å². The SMILES string of the molecule is CC(C)C(NCc1cc(C(N)=O)cs1)c1ccccc1. The van der Waals surface area contributed by atoms with Crippen LogP contribution in [-0.2, 0) is 6.54 Å². The van der Waals surface area contributed by atoms with E-state index in [4.69, 9.17) is 5.73 Å². The van der Waals surface area contributed by atoms with Gasteiger partial charge in [-0.2, -0.15) is 0 Å². The number of thiophene rings is 1. The Balaban J connectivity index is 2.04. The minimum absolute atomic E-state index is 0.301. The van der Waals surface area contributed by atoms with Crippen LogP contribution in [0.5, 0.6) is 0 Å². The molecular formula is C16H20N2OS. The van der Waals surface area contributed by atoms with Crippen molar-refractivity contribution in [2.75, 3.05) is 0 Å². The summed E-state index contributed by atoms with van der Waals surface area (Å²) >= 11 is 1.56. The van der Waals surface area contributed by atoms with E-state index in [-0.39, 0.29) is 5.91 Å². The van der Waals surface area contributed by atoms with Crippen LogP contribution in [0.15, 0.2) is 41.8 Å². The van der Waals surface area contributed by atoms with Crippen LogP contribution >= 0.6 is 11.3 Å². The number of amides is 1. The third kappa shape index (κ3) is 3.68. The van der Waals surface area contributed by atoms with Crippen molar-refractivity contribution in [3.63, 3.8) is 0 Å². The largest absolute Gasteiger partial charge is 0.366 e. The predicted molar refractivity (Wildman–Crippen MR) is 83.7 cm³/mol. The number of hydrogen-bond donors (Lipinski definition) is 2. The monoisotopic (exact) mass is 288 g/mol. The summed E-state index contributed by atoms with van der Waals surface area (Å²) in [6.45, 7) is 5.15. The van der Waals surface area contributed by atoms with Crippen LogP contribution in [0.2, 0.25) is 0 Å². The summed E-state index contributed by atoms with van der Waals surface area (Å²) in [6.07, 6.45) is 0. The van der Waals surface area contributed by atoms with E-state index in [1.807, 2.05) is 17.5 Å². The smallest absolute Gasteiger partial charge is 0.249 e. The van der Waals surface area contributed by atoms with E-state index >= 15 is 0 Å². The topological polar surface area (TPSA) is 55.1 Å². The van der Waals surface area contributed by atoms with Gasteiger partial charge in [-0.15, -0.1) is 11.3 Å². The van der Waals surface area contributed by atoms with Crippen molar-refractivity contribution in [2.24, 2.45) is 11.7 Å². The normalized spacial score (nSPS) is 12.6.